The molecule has 0 amide bonds. The van der Waals surface area contributed by atoms with Gasteiger partial charge in [0, 0.05) is 15.1 Å². The Kier molecular flexibility index (Phi) is 5.61. The number of rotatable bonds is 5. The summed E-state index contributed by atoms with van der Waals surface area (Å²) in [6.45, 7) is 0. The standard InChI is InChI=1S/C17H11BrClNO2S2/c18-12-5-1-11(2-6-12)16-15(10-3-7-13(19)8-4-10)20-17(24-16)23-9-14(21)22/h1-8H,9H2,(H,21,22). The Morgan fingerprint density at radius 2 is 1.75 bits per heavy atom. The molecule has 0 atom stereocenters. The van der Waals surface area contributed by atoms with E-state index < -0.39 is 5.97 Å². The molecule has 0 saturated carbocycles. The maximum atomic E-state index is 10.8. The highest BCUT2D eigenvalue weighted by atomic mass is 79.9. The molecule has 1 aromatic heterocycles. The molecule has 0 unspecified atom stereocenters. The van der Waals surface area contributed by atoms with Gasteiger partial charge < -0.3 is 5.11 Å². The van der Waals surface area contributed by atoms with Gasteiger partial charge in [-0.25, -0.2) is 4.98 Å². The van der Waals surface area contributed by atoms with Crippen LogP contribution >= 0.6 is 50.6 Å². The summed E-state index contributed by atoms with van der Waals surface area (Å²) >= 11 is 12.1. The lowest BCUT2D eigenvalue weighted by molar-refractivity contribution is -0.133. The summed E-state index contributed by atoms with van der Waals surface area (Å²) < 4.78 is 1.74. The van der Waals surface area contributed by atoms with E-state index in [-0.39, 0.29) is 5.75 Å². The molecular formula is C17H11BrClNO2S2. The monoisotopic (exact) mass is 439 g/mol. The molecule has 0 saturated heterocycles. The van der Waals surface area contributed by atoms with Crippen LogP contribution in [0.3, 0.4) is 0 Å². The Morgan fingerprint density at radius 1 is 1.12 bits per heavy atom. The van der Waals surface area contributed by atoms with E-state index in [1.807, 2.05) is 48.5 Å². The average molecular weight is 441 g/mol. The average Bonchev–Trinajstić information content (AvgIpc) is 2.98. The van der Waals surface area contributed by atoms with Crippen molar-refractivity contribution in [3.63, 3.8) is 0 Å². The zero-order valence-electron chi connectivity index (χ0n) is 12.2. The van der Waals surface area contributed by atoms with Gasteiger partial charge in [-0.05, 0) is 29.8 Å². The molecule has 122 valence electrons. The van der Waals surface area contributed by atoms with E-state index in [9.17, 15) is 4.79 Å². The van der Waals surface area contributed by atoms with Crippen LogP contribution in [0.5, 0.6) is 0 Å². The van der Waals surface area contributed by atoms with Gasteiger partial charge in [0.15, 0.2) is 4.34 Å². The van der Waals surface area contributed by atoms with Crippen molar-refractivity contribution >= 4 is 56.6 Å². The van der Waals surface area contributed by atoms with Crippen molar-refractivity contribution in [3.05, 3.63) is 58.0 Å². The Balaban J connectivity index is 2.05. The van der Waals surface area contributed by atoms with Crippen LogP contribution in [-0.2, 0) is 4.79 Å². The molecule has 3 rings (SSSR count). The van der Waals surface area contributed by atoms with Gasteiger partial charge in [0.25, 0.3) is 0 Å². The summed E-state index contributed by atoms with van der Waals surface area (Å²) in [5, 5.41) is 9.55. The molecule has 0 spiro atoms. The fourth-order valence-electron chi connectivity index (χ4n) is 2.09. The van der Waals surface area contributed by atoms with Gasteiger partial charge in [-0.2, -0.15) is 0 Å². The Hall–Kier alpha value is -1.34. The molecular weight excluding hydrogens is 430 g/mol. The highest BCUT2D eigenvalue weighted by Gasteiger charge is 2.16. The normalized spacial score (nSPS) is 10.8. The molecule has 24 heavy (non-hydrogen) atoms. The number of nitrogens with zero attached hydrogens (tertiary/aromatic N) is 1. The molecule has 0 radical (unpaired) electrons. The third kappa shape index (κ3) is 4.19. The topological polar surface area (TPSA) is 50.2 Å². The predicted octanol–water partition coefficient (Wildman–Crippen LogP) is 6.07. The van der Waals surface area contributed by atoms with Crippen molar-refractivity contribution in [2.75, 3.05) is 5.75 Å². The second-order valence-electron chi connectivity index (χ2n) is 4.85. The van der Waals surface area contributed by atoms with Gasteiger partial charge in [0.2, 0.25) is 0 Å². The maximum absolute atomic E-state index is 10.8. The molecule has 0 aliphatic rings. The molecule has 1 N–H and O–H groups in total. The van der Waals surface area contributed by atoms with Crippen molar-refractivity contribution < 1.29 is 9.90 Å². The molecule has 0 aliphatic carbocycles. The van der Waals surface area contributed by atoms with E-state index in [0.717, 1.165) is 30.5 Å². The van der Waals surface area contributed by atoms with Crippen LogP contribution in [0.1, 0.15) is 0 Å². The number of hydrogen-bond donors (Lipinski definition) is 1. The Morgan fingerprint density at radius 3 is 2.38 bits per heavy atom. The molecule has 7 heteroatoms. The predicted molar refractivity (Wildman–Crippen MR) is 104 cm³/mol. The van der Waals surface area contributed by atoms with Crippen molar-refractivity contribution in [1.82, 2.24) is 4.98 Å². The minimum atomic E-state index is -0.853. The second-order valence-corrected chi connectivity index (χ2v) is 8.43. The zero-order valence-corrected chi connectivity index (χ0v) is 16.2. The molecule has 3 nitrogen and oxygen atoms in total. The lowest BCUT2D eigenvalue weighted by Gasteiger charge is -2.03. The summed E-state index contributed by atoms with van der Waals surface area (Å²) in [5.41, 5.74) is 2.84. The van der Waals surface area contributed by atoms with Crippen molar-refractivity contribution in [1.29, 1.82) is 0 Å². The summed E-state index contributed by atoms with van der Waals surface area (Å²) in [6, 6.07) is 15.5. The van der Waals surface area contributed by atoms with Crippen LogP contribution < -0.4 is 0 Å². The number of aromatic nitrogens is 1. The van der Waals surface area contributed by atoms with Gasteiger partial charge >= 0.3 is 5.97 Å². The first-order chi connectivity index (χ1) is 11.5. The van der Waals surface area contributed by atoms with Crippen LogP contribution in [0.25, 0.3) is 21.7 Å². The minimum absolute atomic E-state index is 0.00660. The highest BCUT2D eigenvalue weighted by Crippen LogP contribution is 2.40. The number of thioether (sulfide) groups is 1. The van der Waals surface area contributed by atoms with Crippen LogP contribution in [0.4, 0.5) is 0 Å². The molecule has 0 bridgehead atoms. The van der Waals surface area contributed by atoms with Crippen LogP contribution in [0.2, 0.25) is 5.02 Å². The number of benzene rings is 2. The van der Waals surface area contributed by atoms with Crippen LogP contribution in [0, 0.1) is 0 Å². The first-order valence-corrected chi connectivity index (χ1v) is 9.87. The smallest absolute Gasteiger partial charge is 0.313 e. The highest BCUT2D eigenvalue weighted by molar-refractivity contribution is 9.10. The second kappa shape index (κ2) is 7.70. The number of aliphatic carboxylic acids is 1. The summed E-state index contributed by atoms with van der Waals surface area (Å²) in [5.74, 6) is -0.860. The first kappa shape index (κ1) is 17.5. The molecule has 0 fully saturated rings. The summed E-state index contributed by atoms with van der Waals surface area (Å²) in [7, 11) is 0. The van der Waals surface area contributed by atoms with Crippen LogP contribution in [-0.4, -0.2) is 21.8 Å². The minimum Gasteiger partial charge on any atom is -0.481 e. The molecule has 2 aromatic carbocycles. The number of halogens is 2. The molecule has 3 aromatic rings. The molecule has 0 aliphatic heterocycles. The third-order valence-corrected chi connectivity index (χ3v) is 6.16. The number of hydrogen-bond acceptors (Lipinski definition) is 4. The quantitative estimate of drug-likeness (QED) is 0.489. The fourth-order valence-corrected chi connectivity index (χ4v) is 4.37. The van der Waals surface area contributed by atoms with Crippen molar-refractivity contribution in [3.8, 4) is 21.7 Å². The van der Waals surface area contributed by atoms with Gasteiger partial charge in [-0.15, -0.1) is 11.3 Å². The van der Waals surface area contributed by atoms with Gasteiger partial charge in [-0.1, -0.05) is 63.6 Å². The van der Waals surface area contributed by atoms with Gasteiger partial charge in [-0.3, -0.25) is 4.79 Å². The fraction of sp³-hybridized carbons (Fsp3) is 0.0588. The summed E-state index contributed by atoms with van der Waals surface area (Å²) in [4.78, 5) is 16.5. The Bertz CT molecular complexity index is 800. The van der Waals surface area contributed by atoms with E-state index >= 15 is 0 Å². The third-order valence-electron chi connectivity index (χ3n) is 3.15. The van der Waals surface area contributed by atoms with Crippen molar-refractivity contribution in [2.45, 2.75) is 4.34 Å². The number of carboxylic acids is 1. The molecule has 1 heterocycles. The lowest BCUT2D eigenvalue weighted by atomic mass is 10.1. The number of carboxylic acid groups (broad SMARTS) is 1. The van der Waals surface area contributed by atoms with E-state index in [1.54, 1.807) is 0 Å². The largest absolute Gasteiger partial charge is 0.481 e. The zero-order chi connectivity index (χ0) is 17.1. The van der Waals surface area contributed by atoms with E-state index in [0.29, 0.717) is 5.02 Å². The van der Waals surface area contributed by atoms with Gasteiger partial charge in [0.05, 0.1) is 16.3 Å². The lowest BCUT2D eigenvalue weighted by Crippen LogP contribution is -1.96. The van der Waals surface area contributed by atoms with Crippen LogP contribution in [0.15, 0.2) is 57.3 Å². The number of thiazole rings is 1. The van der Waals surface area contributed by atoms with E-state index in [2.05, 4.69) is 20.9 Å². The SMILES string of the molecule is O=C(O)CSc1nc(-c2ccc(Cl)cc2)c(-c2ccc(Br)cc2)s1. The maximum Gasteiger partial charge on any atom is 0.313 e. The van der Waals surface area contributed by atoms with Crippen molar-refractivity contribution in [2.24, 2.45) is 0 Å². The Labute approximate surface area is 160 Å². The number of carbonyl (C=O) groups is 1. The summed E-state index contributed by atoms with van der Waals surface area (Å²) in [6.07, 6.45) is 0. The van der Waals surface area contributed by atoms with E-state index in [4.69, 9.17) is 16.7 Å². The first-order valence-electron chi connectivity index (χ1n) is 6.90. The van der Waals surface area contributed by atoms with Gasteiger partial charge in [0.1, 0.15) is 0 Å². The van der Waals surface area contributed by atoms with E-state index in [1.165, 1.54) is 23.1 Å².